The topological polar surface area (TPSA) is 92.9 Å². The predicted octanol–water partition coefficient (Wildman–Crippen LogP) is 1.67. The summed E-state index contributed by atoms with van der Waals surface area (Å²) in [5.41, 5.74) is -0.166. The standard InChI is InChI=1S/C11H11FN2O5/c12-9-5-13(11(15)16)6-10(9)19-8-3-1-2-7(4-8)14(17)18/h1-4,9-10H,5-6H2,(H,15,16)/t9-,10-/m1/s1. The van der Waals surface area contributed by atoms with Crippen LogP contribution < -0.4 is 4.74 Å². The molecule has 0 bridgehead atoms. The largest absolute Gasteiger partial charge is 0.485 e. The Balaban J connectivity index is 2.07. The summed E-state index contributed by atoms with van der Waals surface area (Å²) in [5, 5.41) is 19.3. The van der Waals surface area contributed by atoms with Crippen LogP contribution in [0.25, 0.3) is 0 Å². The molecule has 1 N–H and O–H groups in total. The lowest BCUT2D eigenvalue weighted by atomic mass is 10.2. The number of non-ortho nitro benzene ring substituents is 1. The molecular formula is C11H11FN2O5. The van der Waals surface area contributed by atoms with Crippen molar-refractivity contribution in [2.24, 2.45) is 0 Å². The van der Waals surface area contributed by atoms with Crippen molar-refractivity contribution in [2.75, 3.05) is 13.1 Å². The van der Waals surface area contributed by atoms with Crippen molar-refractivity contribution in [1.82, 2.24) is 4.90 Å². The number of rotatable bonds is 3. The molecule has 1 fully saturated rings. The van der Waals surface area contributed by atoms with Gasteiger partial charge in [-0.2, -0.15) is 0 Å². The van der Waals surface area contributed by atoms with Gasteiger partial charge in [-0.15, -0.1) is 0 Å². The molecule has 0 spiro atoms. The van der Waals surface area contributed by atoms with Gasteiger partial charge in [0.2, 0.25) is 0 Å². The maximum absolute atomic E-state index is 13.6. The predicted molar refractivity (Wildman–Crippen MR) is 62.0 cm³/mol. The molecule has 0 aromatic heterocycles. The highest BCUT2D eigenvalue weighted by Crippen LogP contribution is 2.24. The van der Waals surface area contributed by atoms with Crippen LogP contribution in [0.15, 0.2) is 24.3 Å². The van der Waals surface area contributed by atoms with E-state index in [1.165, 1.54) is 24.3 Å². The zero-order valence-corrected chi connectivity index (χ0v) is 9.73. The first kappa shape index (κ1) is 13.1. The third kappa shape index (κ3) is 2.90. The maximum atomic E-state index is 13.6. The minimum absolute atomic E-state index is 0.0980. The van der Waals surface area contributed by atoms with Gasteiger partial charge in [0.25, 0.3) is 5.69 Å². The van der Waals surface area contributed by atoms with Crippen LogP contribution >= 0.6 is 0 Å². The summed E-state index contributed by atoms with van der Waals surface area (Å²) < 4.78 is 18.9. The Morgan fingerprint density at radius 2 is 2.26 bits per heavy atom. The number of hydrogen-bond acceptors (Lipinski definition) is 4. The van der Waals surface area contributed by atoms with Crippen LogP contribution in [0.3, 0.4) is 0 Å². The Morgan fingerprint density at radius 1 is 1.53 bits per heavy atom. The zero-order chi connectivity index (χ0) is 14.0. The average Bonchev–Trinajstić information content (AvgIpc) is 2.71. The van der Waals surface area contributed by atoms with E-state index in [0.717, 1.165) is 4.90 Å². The van der Waals surface area contributed by atoms with Crippen molar-refractivity contribution in [2.45, 2.75) is 12.3 Å². The maximum Gasteiger partial charge on any atom is 0.407 e. The first-order valence-electron chi connectivity index (χ1n) is 5.50. The van der Waals surface area contributed by atoms with Crippen LogP contribution in [-0.4, -0.2) is 46.4 Å². The van der Waals surface area contributed by atoms with Crippen LogP contribution in [-0.2, 0) is 0 Å². The van der Waals surface area contributed by atoms with Crippen LogP contribution in [0.2, 0.25) is 0 Å². The lowest BCUT2D eigenvalue weighted by molar-refractivity contribution is -0.385. The lowest BCUT2D eigenvalue weighted by Gasteiger charge is -2.14. The van der Waals surface area contributed by atoms with Gasteiger partial charge in [-0.05, 0) is 6.07 Å². The second kappa shape index (κ2) is 5.09. The number of amides is 1. The van der Waals surface area contributed by atoms with Gasteiger partial charge in [0.05, 0.1) is 24.1 Å². The number of carboxylic acid groups (broad SMARTS) is 1. The fraction of sp³-hybridized carbons (Fsp3) is 0.364. The van der Waals surface area contributed by atoms with E-state index in [-0.39, 0.29) is 24.5 Å². The van der Waals surface area contributed by atoms with Gasteiger partial charge in [0, 0.05) is 6.07 Å². The third-order valence-electron chi connectivity index (χ3n) is 2.78. The number of nitrogens with zero attached hydrogens (tertiary/aromatic N) is 2. The molecule has 0 saturated carbocycles. The summed E-state index contributed by atoms with van der Waals surface area (Å²) >= 11 is 0. The molecule has 0 aliphatic carbocycles. The normalized spacial score (nSPS) is 22.3. The second-order valence-electron chi connectivity index (χ2n) is 4.11. The highest BCUT2D eigenvalue weighted by Gasteiger charge is 2.37. The first-order chi connectivity index (χ1) is 8.97. The summed E-state index contributed by atoms with van der Waals surface area (Å²) in [4.78, 5) is 21.6. The van der Waals surface area contributed by atoms with E-state index in [4.69, 9.17) is 9.84 Å². The Hall–Kier alpha value is -2.38. The van der Waals surface area contributed by atoms with E-state index in [0.29, 0.717) is 0 Å². The molecule has 19 heavy (non-hydrogen) atoms. The summed E-state index contributed by atoms with van der Waals surface area (Å²) in [6.45, 7) is -0.353. The van der Waals surface area contributed by atoms with Crippen molar-refractivity contribution < 1.29 is 24.0 Å². The van der Waals surface area contributed by atoms with Crippen molar-refractivity contribution in [3.63, 3.8) is 0 Å². The van der Waals surface area contributed by atoms with E-state index in [1.807, 2.05) is 0 Å². The number of halogens is 1. The molecule has 1 aromatic rings. The molecular weight excluding hydrogens is 259 g/mol. The Morgan fingerprint density at radius 3 is 2.84 bits per heavy atom. The Labute approximate surface area is 107 Å². The van der Waals surface area contributed by atoms with Gasteiger partial charge in [-0.1, -0.05) is 6.07 Å². The van der Waals surface area contributed by atoms with Gasteiger partial charge in [0.1, 0.15) is 11.9 Å². The summed E-state index contributed by atoms with van der Waals surface area (Å²) in [6.07, 6.45) is -3.61. The number of carbonyl (C=O) groups is 1. The highest BCUT2D eigenvalue weighted by molar-refractivity contribution is 5.65. The quantitative estimate of drug-likeness (QED) is 0.666. The fourth-order valence-corrected chi connectivity index (χ4v) is 1.85. The number of ether oxygens (including phenoxy) is 1. The average molecular weight is 270 g/mol. The molecule has 1 saturated heterocycles. The molecule has 2 atom stereocenters. The van der Waals surface area contributed by atoms with Crippen LogP contribution in [0, 0.1) is 10.1 Å². The van der Waals surface area contributed by atoms with E-state index in [9.17, 15) is 19.3 Å². The number of nitro benzene ring substituents is 1. The highest BCUT2D eigenvalue weighted by atomic mass is 19.1. The van der Waals surface area contributed by atoms with Gasteiger partial charge >= 0.3 is 6.09 Å². The smallest absolute Gasteiger partial charge is 0.407 e. The number of benzene rings is 1. The first-order valence-corrected chi connectivity index (χ1v) is 5.50. The van der Waals surface area contributed by atoms with Crippen LogP contribution in [0.5, 0.6) is 5.75 Å². The third-order valence-corrected chi connectivity index (χ3v) is 2.78. The summed E-state index contributed by atoms with van der Waals surface area (Å²) in [7, 11) is 0. The summed E-state index contributed by atoms with van der Waals surface area (Å²) in [6, 6.07) is 5.35. The minimum Gasteiger partial charge on any atom is -0.485 e. The monoisotopic (exact) mass is 270 g/mol. The van der Waals surface area contributed by atoms with Gasteiger partial charge < -0.3 is 14.7 Å². The van der Waals surface area contributed by atoms with Gasteiger partial charge in [0.15, 0.2) is 6.17 Å². The van der Waals surface area contributed by atoms with E-state index < -0.39 is 23.3 Å². The minimum atomic E-state index is -1.45. The molecule has 8 heteroatoms. The number of nitro groups is 1. The molecule has 1 aliphatic rings. The van der Waals surface area contributed by atoms with Crippen LogP contribution in [0.4, 0.5) is 14.9 Å². The van der Waals surface area contributed by atoms with Gasteiger partial charge in [-0.3, -0.25) is 10.1 Å². The molecule has 1 heterocycles. The molecule has 0 unspecified atom stereocenters. The van der Waals surface area contributed by atoms with Crippen molar-refractivity contribution >= 4 is 11.8 Å². The fourth-order valence-electron chi connectivity index (χ4n) is 1.85. The van der Waals surface area contributed by atoms with E-state index in [1.54, 1.807) is 0 Å². The number of hydrogen-bond donors (Lipinski definition) is 1. The molecule has 1 aliphatic heterocycles. The second-order valence-corrected chi connectivity index (χ2v) is 4.11. The molecule has 0 radical (unpaired) electrons. The number of likely N-dealkylation sites (tertiary alicyclic amines) is 1. The number of alkyl halides is 1. The summed E-state index contributed by atoms with van der Waals surface area (Å²) in [5.74, 6) is 0.147. The van der Waals surface area contributed by atoms with Crippen molar-refractivity contribution in [3.05, 3.63) is 34.4 Å². The van der Waals surface area contributed by atoms with E-state index in [2.05, 4.69) is 0 Å². The molecule has 102 valence electrons. The lowest BCUT2D eigenvalue weighted by Crippen LogP contribution is -2.29. The van der Waals surface area contributed by atoms with Crippen molar-refractivity contribution in [3.8, 4) is 5.75 Å². The Bertz CT molecular complexity index is 510. The molecule has 1 amide bonds. The van der Waals surface area contributed by atoms with E-state index >= 15 is 0 Å². The van der Waals surface area contributed by atoms with Crippen molar-refractivity contribution in [1.29, 1.82) is 0 Å². The molecule has 7 nitrogen and oxygen atoms in total. The van der Waals surface area contributed by atoms with Gasteiger partial charge in [-0.25, -0.2) is 9.18 Å². The molecule has 1 aromatic carbocycles. The SMILES string of the molecule is O=C(O)N1C[C@@H](F)[C@H](Oc2cccc([N+](=O)[O-])c2)C1. The Kier molecular flexibility index (Phi) is 3.50. The zero-order valence-electron chi connectivity index (χ0n) is 9.73. The van der Waals surface area contributed by atoms with Crippen LogP contribution in [0.1, 0.15) is 0 Å². The molecule has 2 rings (SSSR count).